The van der Waals surface area contributed by atoms with Crippen LogP contribution in [0.4, 0.5) is 10.5 Å². The van der Waals surface area contributed by atoms with Crippen LogP contribution in [0.3, 0.4) is 0 Å². The van der Waals surface area contributed by atoms with Crippen molar-refractivity contribution < 1.29 is 9.53 Å². The van der Waals surface area contributed by atoms with Gasteiger partial charge in [0.25, 0.3) is 0 Å². The number of hydrogen-bond donors (Lipinski definition) is 2. The van der Waals surface area contributed by atoms with Gasteiger partial charge in [-0.2, -0.15) is 0 Å². The van der Waals surface area contributed by atoms with Gasteiger partial charge in [-0.15, -0.1) is 0 Å². The van der Waals surface area contributed by atoms with E-state index in [4.69, 9.17) is 10.5 Å². The normalized spacial score (nSPS) is 9.40. The van der Waals surface area contributed by atoms with Gasteiger partial charge >= 0.3 is 6.03 Å². The Morgan fingerprint density at radius 1 is 1.40 bits per heavy atom. The van der Waals surface area contributed by atoms with Gasteiger partial charge in [0.15, 0.2) is 0 Å². The summed E-state index contributed by atoms with van der Waals surface area (Å²) in [5, 5.41) is 2.84. The average molecular weight is 275 g/mol. The van der Waals surface area contributed by atoms with Gasteiger partial charge < -0.3 is 20.7 Å². The molecule has 1 aromatic rings. The minimum Gasteiger partial charge on any atom is -0.495 e. The van der Waals surface area contributed by atoms with Gasteiger partial charge in [0.05, 0.1) is 19.3 Å². The Hall–Kier alpha value is -2.19. The third-order valence-electron chi connectivity index (χ3n) is 2.83. The van der Waals surface area contributed by atoms with Gasteiger partial charge in [0.1, 0.15) is 5.75 Å². The summed E-state index contributed by atoms with van der Waals surface area (Å²) in [5.41, 5.74) is 6.74. The van der Waals surface area contributed by atoms with Gasteiger partial charge in [0.2, 0.25) is 0 Å². The van der Waals surface area contributed by atoms with Crippen molar-refractivity contribution in [2.75, 3.05) is 32.1 Å². The first-order valence-corrected chi connectivity index (χ1v) is 6.59. The molecule has 0 unspecified atom stereocenters. The van der Waals surface area contributed by atoms with Crippen LogP contribution in [-0.4, -0.2) is 37.7 Å². The molecule has 0 spiro atoms. The first-order chi connectivity index (χ1) is 9.65. The lowest BCUT2D eigenvalue weighted by Crippen LogP contribution is -2.34. The highest BCUT2D eigenvalue weighted by molar-refractivity contribution is 5.91. The number of nitrogens with zero attached hydrogens (tertiary/aromatic N) is 1. The lowest BCUT2D eigenvalue weighted by Gasteiger charge is -2.20. The molecule has 0 fully saturated rings. The van der Waals surface area contributed by atoms with E-state index in [0.717, 1.165) is 5.56 Å². The summed E-state index contributed by atoms with van der Waals surface area (Å²) >= 11 is 0. The van der Waals surface area contributed by atoms with Crippen molar-refractivity contribution in [1.82, 2.24) is 4.90 Å². The van der Waals surface area contributed by atoms with Crippen molar-refractivity contribution >= 4 is 11.7 Å². The molecule has 0 aliphatic carbocycles. The average Bonchev–Trinajstić information content (AvgIpc) is 2.46. The van der Waals surface area contributed by atoms with Crippen molar-refractivity contribution in [1.29, 1.82) is 0 Å². The van der Waals surface area contributed by atoms with E-state index in [1.165, 1.54) is 0 Å². The number of rotatable bonds is 4. The summed E-state index contributed by atoms with van der Waals surface area (Å²) in [6.45, 7) is 5.47. The molecule has 0 aromatic heterocycles. The molecule has 0 heterocycles. The molecule has 5 nitrogen and oxygen atoms in total. The number of urea groups is 1. The minimum absolute atomic E-state index is 0.155. The summed E-state index contributed by atoms with van der Waals surface area (Å²) in [7, 11) is 1.56. The number of nitrogens with two attached hydrogens (primary N) is 1. The molecule has 0 radical (unpaired) electrons. The highest BCUT2D eigenvalue weighted by Gasteiger charge is 2.12. The first-order valence-electron chi connectivity index (χ1n) is 6.59. The molecular formula is C15H21N3O2. The van der Waals surface area contributed by atoms with E-state index in [-0.39, 0.29) is 6.03 Å². The second-order valence-electron chi connectivity index (χ2n) is 4.02. The fourth-order valence-electron chi connectivity index (χ4n) is 1.74. The van der Waals surface area contributed by atoms with Gasteiger partial charge in [-0.05, 0) is 32.0 Å². The van der Waals surface area contributed by atoms with Gasteiger partial charge in [0, 0.05) is 18.7 Å². The zero-order valence-electron chi connectivity index (χ0n) is 12.2. The Morgan fingerprint density at radius 2 is 2.10 bits per heavy atom. The Kier molecular flexibility index (Phi) is 6.41. The molecule has 5 heteroatoms. The fraction of sp³-hybridized carbons (Fsp3) is 0.400. The van der Waals surface area contributed by atoms with E-state index in [0.29, 0.717) is 31.1 Å². The molecule has 3 N–H and O–H groups in total. The molecule has 0 atom stereocenters. The molecule has 0 saturated heterocycles. The number of methoxy groups -OCH3 is 1. The van der Waals surface area contributed by atoms with Crippen LogP contribution in [0.25, 0.3) is 0 Å². The number of amides is 2. The number of benzene rings is 1. The number of anilines is 1. The predicted octanol–water partition coefficient (Wildman–Crippen LogP) is 1.88. The molecule has 0 aliphatic heterocycles. The monoisotopic (exact) mass is 275 g/mol. The molecule has 0 saturated carbocycles. The second-order valence-corrected chi connectivity index (χ2v) is 4.02. The summed E-state index contributed by atoms with van der Waals surface area (Å²) in [6.07, 6.45) is 0. The topological polar surface area (TPSA) is 67.6 Å². The maximum absolute atomic E-state index is 12.1. The van der Waals surface area contributed by atoms with Crippen LogP contribution >= 0.6 is 0 Å². The van der Waals surface area contributed by atoms with Gasteiger partial charge in [-0.25, -0.2) is 4.79 Å². The van der Waals surface area contributed by atoms with Crippen LogP contribution in [0.1, 0.15) is 19.4 Å². The second kappa shape index (κ2) is 8.08. The van der Waals surface area contributed by atoms with Crippen molar-refractivity contribution in [3.8, 4) is 17.6 Å². The number of hydrogen-bond acceptors (Lipinski definition) is 3. The van der Waals surface area contributed by atoms with E-state index in [1.807, 2.05) is 19.9 Å². The Morgan fingerprint density at radius 3 is 2.65 bits per heavy atom. The number of ether oxygens (including phenoxy) is 1. The van der Waals surface area contributed by atoms with E-state index < -0.39 is 0 Å². The largest absolute Gasteiger partial charge is 0.495 e. The summed E-state index contributed by atoms with van der Waals surface area (Å²) < 4.78 is 5.25. The maximum Gasteiger partial charge on any atom is 0.321 e. The lowest BCUT2D eigenvalue weighted by atomic mass is 10.2. The van der Waals surface area contributed by atoms with E-state index in [9.17, 15) is 4.79 Å². The fourth-order valence-corrected chi connectivity index (χ4v) is 1.74. The summed E-state index contributed by atoms with van der Waals surface area (Å²) in [4.78, 5) is 13.8. The Balaban J connectivity index is 2.99. The van der Waals surface area contributed by atoms with Gasteiger partial charge in [-0.3, -0.25) is 0 Å². The third-order valence-corrected chi connectivity index (χ3v) is 2.83. The summed E-state index contributed by atoms with van der Waals surface area (Å²) in [5.74, 6) is 6.31. The predicted molar refractivity (Wildman–Crippen MR) is 80.9 cm³/mol. The van der Waals surface area contributed by atoms with E-state index in [1.54, 1.807) is 24.1 Å². The number of carbonyl (C=O) groups is 1. The molecule has 108 valence electrons. The maximum atomic E-state index is 12.1. The molecule has 0 aliphatic rings. The van der Waals surface area contributed by atoms with Crippen LogP contribution in [0.15, 0.2) is 18.2 Å². The Labute approximate surface area is 120 Å². The molecule has 1 aromatic carbocycles. The molecule has 2 amide bonds. The number of carbonyl (C=O) groups excluding carboxylic acids is 1. The highest BCUT2D eigenvalue weighted by Crippen LogP contribution is 2.25. The minimum atomic E-state index is -0.155. The SMILES string of the molecule is CCN(CC)C(=O)Nc1cc(C#CCN)ccc1OC. The zero-order chi connectivity index (χ0) is 15.0. The quantitative estimate of drug-likeness (QED) is 0.824. The Bertz CT molecular complexity index is 514. The van der Waals surface area contributed by atoms with Crippen molar-refractivity contribution in [2.24, 2.45) is 5.73 Å². The zero-order valence-corrected chi connectivity index (χ0v) is 12.2. The van der Waals surface area contributed by atoms with Crippen LogP contribution < -0.4 is 15.8 Å². The van der Waals surface area contributed by atoms with E-state index in [2.05, 4.69) is 17.2 Å². The summed E-state index contributed by atoms with van der Waals surface area (Å²) in [6, 6.07) is 5.23. The van der Waals surface area contributed by atoms with E-state index >= 15 is 0 Å². The smallest absolute Gasteiger partial charge is 0.321 e. The van der Waals surface area contributed by atoms with Gasteiger partial charge in [-0.1, -0.05) is 11.8 Å². The molecule has 0 bridgehead atoms. The van der Waals surface area contributed by atoms with Crippen molar-refractivity contribution in [2.45, 2.75) is 13.8 Å². The molecule has 20 heavy (non-hydrogen) atoms. The van der Waals surface area contributed by atoms with Crippen molar-refractivity contribution in [3.05, 3.63) is 23.8 Å². The third kappa shape index (κ3) is 4.18. The van der Waals surface area contributed by atoms with Crippen LogP contribution in [0.2, 0.25) is 0 Å². The van der Waals surface area contributed by atoms with Crippen LogP contribution in [-0.2, 0) is 0 Å². The molecular weight excluding hydrogens is 254 g/mol. The molecule has 1 rings (SSSR count). The van der Waals surface area contributed by atoms with Crippen LogP contribution in [0.5, 0.6) is 5.75 Å². The first kappa shape index (κ1) is 15.9. The standard InChI is InChI=1S/C15H21N3O2/c1-4-18(5-2)15(19)17-13-11-12(7-6-10-16)8-9-14(13)20-3/h8-9,11H,4-5,10,16H2,1-3H3,(H,17,19). The number of nitrogens with one attached hydrogen (secondary N) is 1. The highest BCUT2D eigenvalue weighted by atomic mass is 16.5. The van der Waals surface area contributed by atoms with Crippen LogP contribution in [0, 0.1) is 11.8 Å². The van der Waals surface area contributed by atoms with Crippen molar-refractivity contribution in [3.63, 3.8) is 0 Å². The lowest BCUT2D eigenvalue weighted by molar-refractivity contribution is 0.217.